The fraction of sp³-hybridized carbons (Fsp3) is 0.0870. The summed E-state index contributed by atoms with van der Waals surface area (Å²) in [5.74, 6) is -3.56. The highest BCUT2D eigenvalue weighted by atomic mass is 19.1. The van der Waals surface area contributed by atoms with Crippen LogP contribution in [0.25, 0.3) is 0 Å². The summed E-state index contributed by atoms with van der Waals surface area (Å²) in [6, 6.07) is 16.5. The molecule has 0 saturated heterocycles. The van der Waals surface area contributed by atoms with Gasteiger partial charge in [0.25, 0.3) is 11.8 Å². The number of hydrogen-bond acceptors (Lipinski definition) is 3. The molecular weight excluding hydrogens is 390 g/mol. The van der Waals surface area contributed by atoms with E-state index in [0.717, 1.165) is 23.1 Å². The number of benzene rings is 3. The van der Waals surface area contributed by atoms with Crippen molar-refractivity contribution in [1.29, 1.82) is 0 Å². The highest BCUT2D eigenvalue weighted by molar-refractivity contribution is 6.23. The molecule has 0 aliphatic carbocycles. The van der Waals surface area contributed by atoms with Crippen LogP contribution >= 0.6 is 0 Å². The third-order valence-electron chi connectivity index (χ3n) is 4.90. The molecule has 30 heavy (non-hydrogen) atoms. The second-order valence-corrected chi connectivity index (χ2v) is 6.84. The number of imide groups is 1. The van der Waals surface area contributed by atoms with Gasteiger partial charge in [-0.1, -0.05) is 42.5 Å². The standard InChI is InChI=1S/C23H16F2N2O3/c24-15-10-11-18(25)19(13-15)26-21(28)20(12-14-6-2-1-3-7-14)27-22(29)16-8-4-5-9-17(16)23(27)30/h1-11,13,20H,12H2,(H,26,28)/t20-/m0/s1. The predicted molar refractivity (Wildman–Crippen MR) is 106 cm³/mol. The lowest BCUT2D eigenvalue weighted by molar-refractivity contribution is -0.120. The second kappa shape index (κ2) is 7.87. The molecule has 0 aromatic heterocycles. The maximum Gasteiger partial charge on any atom is 0.262 e. The molecule has 1 aliphatic heterocycles. The first-order valence-electron chi connectivity index (χ1n) is 9.22. The third kappa shape index (κ3) is 3.57. The Morgan fingerprint density at radius 2 is 1.47 bits per heavy atom. The smallest absolute Gasteiger partial charge is 0.262 e. The number of carbonyl (C=O) groups is 3. The van der Waals surface area contributed by atoms with Gasteiger partial charge in [0, 0.05) is 12.5 Å². The van der Waals surface area contributed by atoms with E-state index in [2.05, 4.69) is 5.32 Å². The van der Waals surface area contributed by atoms with Gasteiger partial charge in [-0.05, 0) is 29.8 Å². The number of rotatable bonds is 5. The average molecular weight is 406 g/mol. The summed E-state index contributed by atoms with van der Waals surface area (Å²) in [6.07, 6.45) is 0.0229. The lowest BCUT2D eigenvalue weighted by atomic mass is 10.0. The molecule has 0 saturated carbocycles. The van der Waals surface area contributed by atoms with Crippen molar-refractivity contribution in [1.82, 2.24) is 4.90 Å². The van der Waals surface area contributed by atoms with Gasteiger partial charge in [0.15, 0.2) is 0 Å². The first-order valence-corrected chi connectivity index (χ1v) is 9.22. The molecule has 0 unspecified atom stereocenters. The van der Waals surface area contributed by atoms with Crippen molar-refractivity contribution in [2.75, 3.05) is 5.32 Å². The summed E-state index contributed by atoms with van der Waals surface area (Å²) < 4.78 is 27.6. The summed E-state index contributed by atoms with van der Waals surface area (Å²) in [7, 11) is 0. The number of carbonyl (C=O) groups excluding carboxylic acids is 3. The molecule has 3 aromatic carbocycles. The van der Waals surface area contributed by atoms with Crippen LogP contribution in [0.2, 0.25) is 0 Å². The normalized spacial score (nSPS) is 13.9. The highest BCUT2D eigenvalue weighted by Gasteiger charge is 2.42. The maximum atomic E-state index is 14.0. The number of nitrogens with zero attached hydrogens (tertiary/aromatic N) is 1. The number of amides is 3. The van der Waals surface area contributed by atoms with Crippen LogP contribution in [-0.2, 0) is 11.2 Å². The zero-order valence-corrected chi connectivity index (χ0v) is 15.6. The molecule has 1 heterocycles. The molecule has 4 rings (SSSR count). The molecule has 0 bridgehead atoms. The first-order chi connectivity index (χ1) is 14.5. The van der Waals surface area contributed by atoms with Crippen LogP contribution in [-0.4, -0.2) is 28.7 Å². The topological polar surface area (TPSA) is 66.5 Å². The molecule has 1 N–H and O–H groups in total. The molecule has 1 aliphatic rings. The number of hydrogen-bond donors (Lipinski definition) is 1. The minimum absolute atomic E-state index is 0.0229. The van der Waals surface area contributed by atoms with Gasteiger partial charge in [0.2, 0.25) is 5.91 Å². The average Bonchev–Trinajstić information content (AvgIpc) is 3.00. The highest BCUT2D eigenvalue weighted by Crippen LogP contribution is 2.27. The third-order valence-corrected chi connectivity index (χ3v) is 4.90. The Labute approximate surface area is 170 Å². The molecule has 0 fully saturated rings. The van der Waals surface area contributed by atoms with Crippen LogP contribution in [0.1, 0.15) is 26.3 Å². The summed E-state index contributed by atoms with van der Waals surface area (Å²) in [4.78, 5) is 39.8. The fourth-order valence-corrected chi connectivity index (χ4v) is 3.44. The van der Waals surface area contributed by atoms with Gasteiger partial charge in [-0.25, -0.2) is 8.78 Å². The molecule has 0 radical (unpaired) electrons. The van der Waals surface area contributed by atoms with Gasteiger partial charge in [0.1, 0.15) is 17.7 Å². The minimum Gasteiger partial charge on any atom is -0.322 e. The largest absolute Gasteiger partial charge is 0.322 e. The van der Waals surface area contributed by atoms with E-state index >= 15 is 0 Å². The van der Waals surface area contributed by atoms with E-state index in [1.54, 1.807) is 42.5 Å². The molecule has 1 atom stereocenters. The van der Waals surface area contributed by atoms with Gasteiger partial charge in [-0.15, -0.1) is 0 Å². The summed E-state index contributed by atoms with van der Waals surface area (Å²) in [5, 5.41) is 2.32. The number of nitrogens with one attached hydrogen (secondary N) is 1. The van der Waals surface area contributed by atoms with Gasteiger partial charge >= 0.3 is 0 Å². The van der Waals surface area contributed by atoms with Crippen molar-refractivity contribution in [3.05, 3.63) is 101 Å². The Hall–Kier alpha value is -3.87. The van der Waals surface area contributed by atoms with E-state index in [0.29, 0.717) is 5.56 Å². The van der Waals surface area contributed by atoms with Crippen molar-refractivity contribution in [2.24, 2.45) is 0 Å². The van der Waals surface area contributed by atoms with Crippen LogP contribution in [0.4, 0.5) is 14.5 Å². The van der Waals surface area contributed by atoms with Crippen molar-refractivity contribution in [3.8, 4) is 0 Å². The lowest BCUT2D eigenvalue weighted by Crippen LogP contribution is -2.48. The zero-order chi connectivity index (χ0) is 21.3. The van der Waals surface area contributed by atoms with E-state index in [4.69, 9.17) is 0 Å². The first kappa shape index (κ1) is 19.4. The molecule has 5 nitrogen and oxygen atoms in total. The molecule has 3 aromatic rings. The maximum absolute atomic E-state index is 14.0. The van der Waals surface area contributed by atoms with E-state index < -0.39 is 35.4 Å². The molecular formula is C23H16F2N2O3. The van der Waals surface area contributed by atoms with E-state index in [-0.39, 0.29) is 23.2 Å². The van der Waals surface area contributed by atoms with Crippen LogP contribution in [0.3, 0.4) is 0 Å². The number of anilines is 1. The Morgan fingerprint density at radius 3 is 2.10 bits per heavy atom. The zero-order valence-electron chi connectivity index (χ0n) is 15.6. The van der Waals surface area contributed by atoms with Crippen LogP contribution < -0.4 is 5.32 Å². The number of fused-ring (bicyclic) bond motifs is 1. The van der Waals surface area contributed by atoms with Crippen LogP contribution in [0.15, 0.2) is 72.8 Å². The van der Waals surface area contributed by atoms with Gasteiger partial charge in [-0.3, -0.25) is 19.3 Å². The van der Waals surface area contributed by atoms with Gasteiger partial charge in [-0.2, -0.15) is 0 Å². The van der Waals surface area contributed by atoms with Crippen molar-refractivity contribution < 1.29 is 23.2 Å². The number of halogens is 2. The Balaban J connectivity index is 1.70. The Bertz CT molecular complexity index is 1110. The summed E-state index contributed by atoms with van der Waals surface area (Å²) in [5.41, 5.74) is 0.735. The molecule has 7 heteroatoms. The van der Waals surface area contributed by atoms with Crippen LogP contribution in [0.5, 0.6) is 0 Å². The lowest BCUT2D eigenvalue weighted by Gasteiger charge is -2.25. The summed E-state index contributed by atoms with van der Waals surface area (Å²) >= 11 is 0. The van der Waals surface area contributed by atoms with Crippen molar-refractivity contribution in [2.45, 2.75) is 12.5 Å². The SMILES string of the molecule is O=C(Nc1cc(F)ccc1F)[C@H](Cc1ccccc1)N1C(=O)c2ccccc2C1=O. The Morgan fingerprint density at radius 1 is 0.867 bits per heavy atom. The van der Waals surface area contributed by atoms with Gasteiger partial charge in [0.05, 0.1) is 16.8 Å². The van der Waals surface area contributed by atoms with E-state index in [1.807, 2.05) is 0 Å². The quantitative estimate of drug-likeness (QED) is 0.656. The van der Waals surface area contributed by atoms with Crippen LogP contribution in [0, 0.1) is 11.6 Å². The fourth-order valence-electron chi connectivity index (χ4n) is 3.44. The summed E-state index contributed by atoms with van der Waals surface area (Å²) in [6.45, 7) is 0. The van der Waals surface area contributed by atoms with E-state index in [9.17, 15) is 23.2 Å². The molecule has 3 amide bonds. The minimum atomic E-state index is -1.25. The van der Waals surface area contributed by atoms with E-state index in [1.165, 1.54) is 12.1 Å². The van der Waals surface area contributed by atoms with Crippen molar-refractivity contribution in [3.63, 3.8) is 0 Å². The second-order valence-electron chi connectivity index (χ2n) is 6.84. The molecule has 150 valence electrons. The van der Waals surface area contributed by atoms with Gasteiger partial charge < -0.3 is 5.32 Å². The van der Waals surface area contributed by atoms with Crippen molar-refractivity contribution >= 4 is 23.4 Å². The Kier molecular flexibility index (Phi) is 5.10. The predicted octanol–water partition coefficient (Wildman–Crippen LogP) is 3.81. The molecule has 0 spiro atoms. The monoisotopic (exact) mass is 406 g/mol.